The SMILES string of the molecule is COc1c(C(=O)N2CCC2)sc2c(Oc3cccc4oc(C)c(C(=O)O)c34)ccnc12. The van der Waals surface area contributed by atoms with Gasteiger partial charge in [-0.1, -0.05) is 6.07 Å². The van der Waals surface area contributed by atoms with Crippen LogP contribution in [0.15, 0.2) is 34.9 Å². The fourth-order valence-corrected chi connectivity index (χ4v) is 4.86. The van der Waals surface area contributed by atoms with Gasteiger partial charge < -0.3 is 23.9 Å². The fourth-order valence-electron chi connectivity index (χ4n) is 3.72. The minimum absolute atomic E-state index is 0.0633. The number of hydrogen-bond donors (Lipinski definition) is 1. The number of methoxy groups -OCH3 is 1. The molecule has 0 radical (unpaired) electrons. The molecule has 1 amide bonds. The van der Waals surface area contributed by atoms with Crippen LogP contribution in [0.25, 0.3) is 21.2 Å². The van der Waals surface area contributed by atoms with Crippen molar-refractivity contribution in [2.75, 3.05) is 20.2 Å². The van der Waals surface area contributed by atoms with Crippen molar-refractivity contribution in [3.8, 4) is 17.2 Å². The van der Waals surface area contributed by atoms with E-state index in [0.717, 1.165) is 19.5 Å². The van der Waals surface area contributed by atoms with Crippen molar-refractivity contribution in [1.82, 2.24) is 9.88 Å². The fraction of sp³-hybridized carbons (Fsp3) is 0.227. The first-order valence-electron chi connectivity index (χ1n) is 9.67. The van der Waals surface area contributed by atoms with E-state index in [9.17, 15) is 14.7 Å². The van der Waals surface area contributed by atoms with Crippen molar-refractivity contribution < 1.29 is 28.6 Å². The number of carbonyl (C=O) groups excluding carboxylic acids is 1. The summed E-state index contributed by atoms with van der Waals surface area (Å²) in [4.78, 5) is 31.3. The monoisotopic (exact) mass is 438 g/mol. The maximum atomic E-state index is 12.9. The van der Waals surface area contributed by atoms with E-state index in [0.29, 0.717) is 49.1 Å². The lowest BCUT2D eigenvalue weighted by atomic mass is 10.1. The van der Waals surface area contributed by atoms with Gasteiger partial charge in [0.15, 0.2) is 5.75 Å². The molecule has 8 nitrogen and oxygen atoms in total. The normalized spacial score (nSPS) is 13.4. The number of aromatic nitrogens is 1. The average molecular weight is 438 g/mol. The maximum Gasteiger partial charge on any atom is 0.340 e. The summed E-state index contributed by atoms with van der Waals surface area (Å²) in [6, 6.07) is 6.80. The van der Waals surface area contributed by atoms with E-state index in [-0.39, 0.29) is 11.5 Å². The zero-order valence-corrected chi connectivity index (χ0v) is 17.6. The lowest BCUT2D eigenvalue weighted by molar-refractivity contribution is 0.0652. The number of furan rings is 1. The predicted octanol–water partition coefficient (Wildman–Crippen LogP) is 4.70. The van der Waals surface area contributed by atoms with Crippen LogP contribution in [-0.2, 0) is 0 Å². The number of fused-ring (bicyclic) bond motifs is 2. The number of thiophene rings is 1. The Morgan fingerprint density at radius 2 is 2.03 bits per heavy atom. The molecule has 0 aliphatic carbocycles. The summed E-state index contributed by atoms with van der Waals surface area (Å²) in [5.74, 6) is 0.357. The van der Waals surface area contributed by atoms with Crippen molar-refractivity contribution >= 4 is 44.4 Å². The highest BCUT2D eigenvalue weighted by molar-refractivity contribution is 7.21. The standard InChI is InChI=1S/C22H18N2O6S/c1-11-15(22(26)27)16-12(29-11)5-3-6-13(16)30-14-7-8-23-17-18(28-2)20(31-19(14)17)21(25)24-9-4-10-24/h3,5-8H,4,9-10H2,1-2H3,(H,26,27). The van der Waals surface area contributed by atoms with Gasteiger partial charge in [-0.05, 0) is 25.5 Å². The van der Waals surface area contributed by atoms with Crippen LogP contribution in [0.3, 0.4) is 0 Å². The number of nitrogens with zero attached hydrogens (tertiary/aromatic N) is 2. The lowest BCUT2D eigenvalue weighted by Crippen LogP contribution is -2.41. The molecule has 3 aromatic heterocycles. The van der Waals surface area contributed by atoms with Gasteiger partial charge in [0.2, 0.25) is 0 Å². The number of benzene rings is 1. The van der Waals surface area contributed by atoms with Crippen LogP contribution in [-0.4, -0.2) is 47.1 Å². The van der Waals surface area contributed by atoms with Crippen LogP contribution < -0.4 is 9.47 Å². The molecule has 1 N–H and O–H groups in total. The molecule has 4 aromatic rings. The summed E-state index contributed by atoms with van der Waals surface area (Å²) in [5, 5.41) is 10.0. The molecule has 1 aliphatic heterocycles. The van der Waals surface area contributed by atoms with Gasteiger partial charge in [0.1, 0.15) is 43.5 Å². The third-order valence-corrected chi connectivity index (χ3v) is 6.49. The first-order chi connectivity index (χ1) is 15.0. The lowest BCUT2D eigenvalue weighted by Gasteiger charge is -2.30. The van der Waals surface area contributed by atoms with E-state index in [1.165, 1.54) is 18.4 Å². The van der Waals surface area contributed by atoms with Gasteiger partial charge in [-0.3, -0.25) is 9.78 Å². The zero-order chi connectivity index (χ0) is 21.7. The highest BCUT2D eigenvalue weighted by Gasteiger charge is 2.29. The largest absolute Gasteiger partial charge is 0.493 e. The number of hydrogen-bond acceptors (Lipinski definition) is 7. The minimum atomic E-state index is -1.09. The molecule has 0 saturated carbocycles. The number of aryl methyl sites for hydroxylation is 1. The van der Waals surface area contributed by atoms with Crippen LogP contribution in [0.4, 0.5) is 0 Å². The van der Waals surface area contributed by atoms with Crippen LogP contribution in [0, 0.1) is 6.92 Å². The Bertz CT molecular complexity index is 1350. The molecule has 5 rings (SSSR count). The Morgan fingerprint density at radius 1 is 1.23 bits per heavy atom. The van der Waals surface area contributed by atoms with E-state index in [1.54, 1.807) is 42.3 Å². The van der Waals surface area contributed by atoms with E-state index in [2.05, 4.69) is 4.98 Å². The first kappa shape index (κ1) is 19.4. The third-order valence-electron chi connectivity index (χ3n) is 5.32. The number of carboxylic acids is 1. The van der Waals surface area contributed by atoms with Crippen molar-refractivity contribution in [2.45, 2.75) is 13.3 Å². The second-order valence-corrected chi connectivity index (χ2v) is 8.19. The van der Waals surface area contributed by atoms with Crippen molar-refractivity contribution in [3.05, 3.63) is 46.7 Å². The average Bonchev–Trinajstić information content (AvgIpc) is 3.24. The summed E-state index contributed by atoms with van der Waals surface area (Å²) >= 11 is 1.26. The molecule has 1 fully saturated rings. The molecule has 0 bridgehead atoms. The Hall–Kier alpha value is -3.59. The highest BCUT2D eigenvalue weighted by Crippen LogP contribution is 2.44. The van der Waals surface area contributed by atoms with Gasteiger partial charge in [-0.25, -0.2) is 4.79 Å². The first-order valence-corrected chi connectivity index (χ1v) is 10.5. The molecule has 1 saturated heterocycles. The van der Waals surface area contributed by atoms with Crippen LogP contribution in [0.5, 0.6) is 17.2 Å². The number of amides is 1. The van der Waals surface area contributed by atoms with E-state index < -0.39 is 5.97 Å². The molecule has 31 heavy (non-hydrogen) atoms. The molecular formula is C22H18N2O6S. The number of pyridine rings is 1. The summed E-state index contributed by atoms with van der Waals surface area (Å²) in [6.45, 7) is 3.06. The Morgan fingerprint density at radius 3 is 2.71 bits per heavy atom. The molecule has 4 heterocycles. The quantitative estimate of drug-likeness (QED) is 0.482. The van der Waals surface area contributed by atoms with E-state index in [1.807, 2.05) is 0 Å². The second-order valence-electron chi connectivity index (χ2n) is 7.17. The number of aromatic carboxylic acids is 1. The van der Waals surface area contributed by atoms with Gasteiger partial charge >= 0.3 is 5.97 Å². The second kappa shape index (κ2) is 7.28. The predicted molar refractivity (Wildman–Crippen MR) is 115 cm³/mol. The number of likely N-dealkylation sites (tertiary alicyclic amines) is 1. The van der Waals surface area contributed by atoms with Crippen LogP contribution in [0.1, 0.15) is 32.2 Å². The number of carboxylic acid groups (broad SMARTS) is 1. The Kier molecular flexibility index (Phi) is 4.55. The zero-order valence-electron chi connectivity index (χ0n) is 16.8. The number of ether oxygens (including phenoxy) is 2. The van der Waals surface area contributed by atoms with Crippen LogP contribution in [0.2, 0.25) is 0 Å². The van der Waals surface area contributed by atoms with Crippen molar-refractivity contribution in [2.24, 2.45) is 0 Å². The highest BCUT2D eigenvalue weighted by atomic mass is 32.1. The molecule has 1 aromatic carbocycles. The van der Waals surface area contributed by atoms with Gasteiger partial charge in [0.25, 0.3) is 5.91 Å². The number of carbonyl (C=O) groups is 2. The molecule has 0 atom stereocenters. The molecule has 1 aliphatic rings. The maximum absolute atomic E-state index is 12.9. The van der Waals surface area contributed by atoms with Gasteiger partial charge in [0, 0.05) is 25.4 Å². The summed E-state index contributed by atoms with van der Waals surface area (Å²) < 4.78 is 17.9. The molecular weight excluding hydrogens is 420 g/mol. The van der Waals surface area contributed by atoms with Gasteiger partial charge in [-0.2, -0.15) is 0 Å². The smallest absolute Gasteiger partial charge is 0.340 e. The van der Waals surface area contributed by atoms with E-state index >= 15 is 0 Å². The summed E-state index contributed by atoms with van der Waals surface area (Å²) in [6.07, 6.45) is 2.56. The van der Waals surface area contributed by atoms with Crippen LogP contribution >= 0.6 is 11.3 Å². The Balaban J connectivity index is 1.64. The molecule has 0 unspecified atom stereocenters. The summed E-state index contributed by atoms with van der Waals surface area (Å²) in [7, 11) is 1.51. The van der Waals surface area contributed by atoms with Gasteiger partial charge in [-0.15, -0.1) is 11.3 Å². The van der Waals surface area contributed by atoms with Crippen molar-refractivity contribution in [3.63, 3.8) is 0 Å². The molecule has 0 spiro atoms. The molecule has 9 heteroatoms. The number of rotatable bonds is 5. The third kappa shape index (κ3) is 3.00. The Labute approximate surface area is 180 Å². The summed E-state index contributed by atoms with van der Waals surface area (Å²) in [5.41, 5.74) is 1.02. The van der Waals surface area contributed by atoms with Crippen molar-refractivity contribution in [1.29, 1.82) is 0 Å². The van der Waals surface area contributed by atoms with E-state index in [4.69, 9.17) is 13.9 Å². The molecule has 158 valence electrons. The minimum Gasteiger partial charge on any atom is -0.493 e. The van der Waals surface area contributed by atoms with Gasteiger partial charge in [0.05, 0.1) is 12.5 Å². The topological polar surface area (TPSA) is 102 Å².